The van der Waals surface area contributed by atoms with Gasteiger partial charge in [0.05, 0.1) is 40.3 Å². The van der Waals surface area contributed by atoms with Crippen molar-refractivity contribution in [2.24, 2.45) is 0 Å². The van der Waals surface area contributed by atoms with Crippen LogP contribution in [0, 0.1) is 0 Å². The van der Waals surface area contributed by atoms with Gasteiger partial charge in [-0.1, -0.05) is 140 Å². The van der Waals surface area contributed by atoms with Crippen LogP contribution in [0.3, 0.4) is 0 Å². The molecule has 0 spiro atoms. The van der Waals surface area contributed by atoms with E-state index in [1.807, 2.05) is 12.2 Å². The van der Waals surface area contributed by atoms with Crippen molar-refractivity contribution in [3.8, 4) is 0 Å². The molecule has 0 N–H and O–H groups in total. The summed E-state index contributed by atoms with van der Waals surface area (Å²) in [6.45, 7) is 4.43. The first kappa shape index (κ1) is 50.3. The van der Waals surface area contributed by atoms with Crippen LogP contribution in [0.2, 0.25) is 0 Å². The van der Waals surface area contributed by atoms with Crippen LogP contribution >= 0.6 is 0 Å². The van der Waals surface area contributed by atoms with E-state index < -0.39 is 24.1 Å². The second-order valence-corrected chi connectivity index (χ2v) is 15.2. The summed E-state index contributed by atoms with van der Waals surface area (Å²) in [6.07, 6.45) is 41.9. The molecular formula is C45H79NO7. The summed E-state index contributed by atoms with van der Waals surface area (Å²) in [5, 5.41) is 11.6. The molecule has 306 valence electrons. The van der Waals surface area contributed by atoms with E-state index in [-0.39, 0.29) is 43.1 Å². The van der Waals surface area contributed by atoms with E-state index in [1.54, 1.807) is 21.1 Å². The predicted molar refractivity (Wildman–Crippen MR) is 217 cm³/mol. The minimum atomic E-state index is -1.14. The van der Waals surface area contributed by atoms with Gasteiger partial charge in [-0.15, -0.1) is 0 Å². The zero-order chi connectivity index (χ0) is 39.3. The number of ether oxygens (including phenoxy) is 3. The Morgan fingerprint density at radius 2 is 1.09 bits per heavy atom. The summed E-state index contributed by atoms with van der Waals surface area (Å²) < 4.78 is 17.0. The van der Waals surface area contributed by atoms with Crippen LogP contribution in [0.5, 0.6) is 0 Å². The number of aliphatic carboxylic acids is 1. The van der Waals surface area contributed by atoms with Crippen molar-refractivity contribution in [1.29, 1.82) is 0 Å². The zero-order valence-corrected chi connectivity index (χ0v) is 34.7. The van der Waals surface area contributed by atoms with Crippen molar-refractivity contribution in [3.05, 3.63) is 48.6 Å². The molecule has 0 radical (unpaired) electrons. The number of carboxylic acids is 1. The highest BCUT2D eigenvalue weighted by Crippen LogP contribution is 2.13. The fourth-order valence-electron chi connectivity index (χ4n) is 5.93. The Labute approximate surface area is 325 Å². The van der Waals surface area contributed by atoms with Gasteiger partial charge in [-0.05, 0) is 57.8 Å². The molecule has 0 aromatic rings. The number of carboxylic acid groups (broad SMARTS) is 1. The fraction of sp³-hybridized carbons (Fsp3) is 0.756. The molecule has 0 saturated carbocycles. The third-order valence-electron chi connectivity index (χ3n) is 9.21. The van der Waals surface area contributed by atoms with Crippen molar-refractivity contribution in [3.63, 3.8) is 0 Å². The van der Waals surface area contributed by atoms with Gasteiger partial charge in [-0.2, -0.15) is 0 Å². The van der Waals surface area contributed by atoms with Gasteiger partial charge in [-0.25, -0.2) is 0 Å². The molecule has 2 atom stereocenters. The lowest BCUT2D eigenvalue weighted by molar-refractivity contribution is -0.889. The predicted octanol–water partition coefficient (Wildman–Crippen LogP) is 9.91. The van der Waals surface area contributed by atoms with Gasteiger partial charge in [0, 0.05) is 19.3 Å². The number of quaternary nitrogens is 1. The van der Waals surface area contributed by atoms with Crippen LogP contribution in [-0.4, -0.2) is 75.5 Å². The van der Waals surface area contributed by atoms with Gasteiger partial charge >= 0.3 is 11.9 Å². The normalized spacial score (nSPS) is 13.5. The van der Waals surface area contributed by atoms with Crippen molar-refractivity contribution < 1.29 is 38.2 Å². The average Bonchev–Trinajstić information content (AvgIpc) is 3.11. The van der Waals surface area contributed by atoms with Crippen molar-refractivity contribution in [2.75, 3.05) is 41.0 Å². The molecule has 0 rings (SSSR count). The number of rotatable bonds is 37. The lowest BCUT2D eigenvalue weighted by Crippen LogP contribution is -2.55. The summed E-state index contributed by atoms with van der Waals surface area (Å²) in [5.74, 6) is -1.84. The van der Waals surface area contributed by atoms with E-state index in [4.69, 9.17) is 14.2 Å². The number of carbonyl (C=O) groups excluding carboxylic acids is 3. The van der Waals surface area contributed by atoms with E-state index in [0.717, 1.165) is 44.9 Å². The molecule has 2 unspecified atom stereocenters. The third kappa shape index (κ3) is 34.8. The molecule has 8 heteroatoms. The Bertz CT molecular complexity index is 1010. The Morgan fingerprint density at radius 3 is 1.62 bits per heavy atom. The summed E-state index contributed by atoms with van der Waals surface area (Å²) >= 11 is 0. The maximum absolute atomic E-state index is 12.5. The minimum absolute atomic E-state index is 0.0137. The van der Waals surface area contributed by atoms with Gasteiger partial charge in [0.2, 0.25) is 0 Å². The fourth-order valence-corrected chi connectivity index (χ4v) is 5.93. The molecular weight excluding hydrogens is 666 g/mol. The van der Waals surface area contributed by atoms with E-state index in [9.17, 15) is 19.5 Å². The van der Waals surface area contributed by atoms with E-state index >= 15 is 0 Å². The molecule has 0 amide bonds. The summed E-state index contributed by atoms with van der Waals surface area (Å²) in [4.78, 5) is 36.5. The number of esters is 2. The molecule has 0 aliphatic carbocycles. The lowest BCUT2D eigenvalue weighted by atomic mass is 10.1. The van der Waals surface area contributed by atoms with Crippen LogP contribution in [-0.2, 0) is 28.6 Å². The maximum atomic E-state index is 12.5. The Kier molecular flexibility index (Phi) is 34.4. The molecule has 0 fully saturated rings. The second kappa shape index (κ2) is 36.3. The van der Waals surface area contributed by atoms with Crippen molar-refractivity contribution in [1.82, 2.24) is 0 Å². The quantitative estimate of drug-likeness (QED) is 0.0270. The van der Waals surface area contributed by atoms with E-state index in [1.165, 1.54) is 83.5 Å². The molecule has 0 aliphatic heterocycles. The number of carbonyl (C=O) groups is 3. The minimum Gasteiger partial charge on any atom is -0.544 e. The first-order valence-corrected chi connectivity index (χ1v) is 21.2. The average molecular weight is 746 g/mol. The molecule has 0 aromatic heterocycles. The van der Waals surface area contributed by atoms with Gasteiger partial charge in [0.15, 0.2) is 6.10 Å². The topological polar surface area (TPSA) is 102 Å². The largest absolute Gasteiger partial charge is 0.544 e. The highest BCUT2D eigenvalue weighted by molar-refractivity contribution is 5.70. The third-order valence-corrected chi connectivity index (χ3v) is 9.21. The molecule has 53 heavy (non-hydrogen) atoms. The first-order valence-electron chi connectivity index (χ1n) is 21.2. The smallest absolute Gasteiger partial charge is 0.306 e. The van der Waals surface area contributed by atoms with Crippen LogP contribution in [0.25, 0.3) is 0 Å². The van der Waals surface area contributed by atoms with Gasteiger partial charge in [-0.3, -0.25) is 9.59 Å². The molecule has 0 aromatic carbocycles. The highest BCUT2D eigenvalue weighted by atomic mass is 16.6. The monoisotopic (exact) mass is 746 g/mol. The summed E-state index contributed by atoms with van der Waals surface area (Å²) in [5.41, 5.74) is 0. The Morgan fingerprint density at radius 1 is 0.585 bits per heavy atom. The van der Waals surface area contributed by atoms with Crippen LogP contribution in [0.1, 0.15) is 168 Å². The number of allylic oxidation sites excluding steroid dienone is 8. The van der Waals surface area contributed by atoms with Gasteiger partial charge < -0.3 is 28.6 Å². The number of unbranched alkanes of at least 4 members (excludes halogenated alkanes) is 15. The van der Waals surface area contributed by atoms with Crippen molar-refractivity contribution >= 4 is 17.9 Å². The zero-order valence-electron chi connectivity index (χ0n) is 34.7. The van der Waals surface area contributed by atoms with Gasteiger partial charge in [0.25, 0.3) is 0 Å². The standard InChI is InChI=1S/C45H79NO7/c1-6-8-10-12-14-15-16-17-18-19-20-21-22-23-24-25-26-27-28-30-31-33-35-43(47)52-40-41(39-51-38-37-42(45(49)50)46(3,4)5)53-44(48)36-34-32-29-13-11-9-7-2/h9,11,19-20,22-23,29,32,41-42H,6-8,10,12-18,21,24-28,30-31,33-40H2,1-5H3/b11-9+,20-19+,23-22+,32-29+. The maximum Gasteiger partial charge on any atom is 0.306 e. The summed E-state index contributed by atoms with van der Waals surface area (Å²) in [7, 11) is 5.37. The summed E-state index contributed by atoms with van der Waals surface area (Å²) in [6, 6.07) is -0.735. The van der Waals surface area contributed by atoms with Crippen LogP contribution in [0.4, 0.5) is 0 Å². The van der Waals surface area contributed by atoms with Crippen molar-refractivity contribution in [2.45, 2.75) is 180 Å². The molecule has 0 saturated heterocycles. The molecule has 0 heterocycles. The highest BCUT2D eigenvalue weighted by Gasteiger charge is 2.25. The van der Waals surface area contributed by atoms with Crippen LogP contribution < -0.4 is 5.11 Å². The van der Waals surface area contributed by atoms with E-state index in [0.29, 0.717) is 12.8 Å². The number of hydrogen-bond donors (Lipinski definition) is 0. The molecule has 0 aliphatic rings. The Hall–Kier alpha value is -2.71. The SMILES string of the molecule is CC/C=C/C/C=C/CCC(=O)OC(COCCC(C(=O)[O-])[N+](C)(C)C)COC(=O)CCCCCCCCC/C=C/C/C=C/CCCCCCCCCC. The lowest BCUT2D eigenvalue weighted by Gasteiger charge is -2.34. The molecule has 8 nitrogen and oxygen atoms in total. The number of hydrogen-bond acceptors (Lipinski definition) is 7. The second-order valence-electron chi connectivity index (χ2n) is 15.2. The molecule has 0 bridgehead atoms. The first-order chi connectivity index (χ1) is 25.6. The van der Waals surface area contributed by atoms with E-state index in [2.05, 4.69) is 50.3 Å². The Balaban J connectivity index is 4.20. The van der Waals surface area contributed by atoms with Crippen LogP contribution in [0.15, 0.2) is 48.6 Å². The number of nitrogens with zero attached hydrogens (tertiary/aromatic N) is 1. The van der Waals surface area contributed by atoms with Gasteiger partial charge in [0.1, 0.15) is 12.6 Å². The number of likely N-dealkylation sites (N-methyl/N-ethyl adjacent to an activating group) is 1.